The number of benzene rings is 1. The predicted octanol–water partition coefficient (Wildman–Crippen LogP) is 3.27. The summed E-state index contributed by atoms with van der Waals surface area (Å²) in [5.41, 5.74) is -1.05. The van der Waals surface area contributed by atoms with Gasteiger partial charge in [0.15, 0.2) is 0 Å². The Balaban J connectivity index is 0.00000264. The fraction of sp³-hybridized carbons (Fsp3) is 0.562. The lowest BCUT2D eigenvalue weighted by Crippen LogP contribution is -2.51. The predicted molar refractivity (Wildman–Crippen MR) is 85.8 cm³/mol. The first-order valence-corrected chi connectivity index (χ1v) is 7.43. The third-order valence-electron chi connectivity index (χ3n) is 4.45. The smallest absolute Gasteiger partial charge is 0.354 e. The van der Waals surface area contributed by atoms with E-state index in [2.05, 4.69) is 10.6 Å². The summed E-state index contributed by atoms with van der Waals surface area (Å²) < 4.78 is 38.6. The van der Waals surface area contributed by atoms with Crippen LogP contribution in [0.15, 0.2) is 24.3 Å². The number of nitrogens with one attached hydrogen (secondary N) is 2. The molecule has 1 atom stereocenters. The molecule has 1 aromatic carbocycles. The molecule has 1 aliphatic carbocycles. The Morgan fingerprint density at radius 2 is 2.00 bits per heavy atom. The second kappa shape index (κ2) is 7.53. The van der Waals surface area contributed by atoms with E-state index in [0.717, 1.165) is 18.6 Å². The Morgan fingerprint density at radius 1 is 1.35 bits per heavy atom. The van der Waals surface area contributed by atoms with Crippen molar-refractivity contribution >= 4 is 18.3 Å². The summed E-state index contributed by atoms with van der Waals surface area (Å²) in [4.78, 5) is 12.5. The van der Waals surface area contributed by atoms with Crippen molar-refractivity contribution in [3.8, 4) is 0 Å². The van der Waals surface area contributed by atoms with Gasteiger partial charge >= 0.3 is 6.18 Å². The molecule has 2 rings (SSSR count). The fourth-order valence-corrected chi connectivity index (χ4v) is 2.69. The number of halogens is 4. The van der Waals surface area contributed by atoms with Crippen molar-refractivity contribution in [1.29, 1.82) is 0 Å². The Morgan fingerprint density at radius 3 is 2.48 bits per heavy atom. The van der Waals surface area contributed by atoms with Crippen LogP contribution in [0.2, 0.25) is 0 Å². The average Bonchev–Trinajstić information content (AvgIpc) is 2.43. The number of hydrogen-bond acceptors (Lipinski definition) is 2. The standard InChI is InChI=1S/C16H21F3N2O.ClH/c1-11(20-2)10-21-14(22)15(7-4-8-15)12-5-3-6-13(9-12)16(17,18)19;/h3,5-6,9,11,20H,4,7-8,10H2,1-2H3,(H,21,22);1H. The molecule has 7 heteroatoms. The summed E-state index contributed by atoms with van der Waals surface area (Å²) in [5.74, 6) is -0.180. The largest absolute Gasteiger partial charge is 0.416 e. The van der Waals surface area contributed by atoms with Gasteiger partial charge in [-0.1, -0.05) is 24.6 Å². The molecule has 0 radical (unpaired) electrons. The summed E-state index contributed by atoms with van der Waals surface area (Å²) in [6.45, 7) is 2.38. The number of likely N-dealkylation sites (N-methyl/N-ethyl adjacent to an activating group) is 1. The Kier molecular flexibility index (Phi) is 6.48. The van der Waals surface area contributed by atoms with Gasteiger partial charge in [0.2, 0.25) is 5.91 Å². The van der Waals surface area contributed by atoms with Crippen LogP contribution in [0, 0.1) is 0 Å². The average molecular weight is 351 g/mol. The van der Waals surface area contributed by atoms with Crippen molar-refractivity contribution in [3.63, 3.8) is 0 Å². The molecule has 1 aromatic rings. The quantitative estimate of drug-likeness (QED) is 0.855. The van der Waals surface area contributed by atoms with E-state index >= 15 is 0 Å². The number of amides is 1. The SMILES string of the molecule is CNC(C)CNC(=O)C1(c2cccc(C(F)(F)F)c2)CCC1.Cl. The van der Waals surface area contributed by atoms with Gasteiger partial charge in [-0.15, -0.1) is 12.4 Å². The second-order valence-electron chi connectivity index (χ2n) is 5.91. The fourth-order valence-electron chi connectivity index (χ4n) is 2.69. The minimum absolute atomic E-state index is 0. The van der Waals surface area contributed by atoms with Crippen LogP contribution in [0.25, 0.3) is 0 Å². The van der Waals surface area contributed by atoms with Crippen LogP contribution in [0.5, 0.6) is 0 Å². The minimum Gasteiger partial charge on any atom is -0.354 e. The zero-order valence-electron chi connectivity index (χ0n) is 13.2. The van der Waals surface area contributed by atoms with Crippen molar-refractivity contribution in [3.05, 3.63) is 35.4 Å². The number of carbonyl (C=O) groups excluding carboxylic acids is 1. The molecule has 130 valence electrons. The van der Waals surface area contributed by atoms with E-state index in [-0.39, 0.29) is 24.4 Å². The molecule has 1 amide bonds. The van der Waals surface area contributed by atoms with E-state index in [9.17, 15) is 18.0 Å². The van der Waals surface area contributed by atoms with Gasteiger partial charge in [-0.05, 0) is 38.4 Å². The molecule has 1 saturated carbocycles. The lowest BCUT2D eigenvalue weighted by Gasteiger charge is -2.41. The van der Waals surface area contributed by atoms with Crippen LogP contribution in [-0.4, -0.2) is 25.5 Å². The Labute approximate surface area is 140 Å². The summed E-state index contributed by atoms with van der Waals surface area (Å²) >= 11 is 0. The second-order valence-corrected chi connectivity index (χ2v) is 5.91. The van der Waals surface area contributed by atoms with Crippen molar-refractivity contribution in [2.24, 2.45) is 0 Å². The zero-order valence-corrected chi connectivity index (χ0v) is 14.0. The molecule has 0 heterocycles. The first-order chi connectivity index (χ1) is 10.3. The third kappa shape index (κ3) is 4.18. The van der Waals surface area contributed by atoms with Crippen molar-refractivity contribution < 1.29 is 18.0 Å². The highest BCUT2D eigenvalue weighted by Gasteiger charge is 2.46. The van der Waals surface area contributed by atoms with Gasteiger partial charge in [0.1, 0.15) is 0 Å². The van der Waals surface area contributed by atoms with E-state index in [1.165, 1.54) is 6.07 Å². The third-order valence-corrected chi connectivity index (χ3v) is 4.45. The van der Waals surface area contributed by atoms with E-state index in [4.69, 9.17) is 0 Å². The molecule has 1 aliphatic rings. The molecular formula is C16H22ClF3N2O. The summed E-state index contributed by atoms with van der Waals surface area (Å²) in [6.07, 6.45) is -2.36. The molecule has 3 nitrogen and oxygen atoms in total. The molecule has 0 saturated heterocycles. The maximum Gasteiger partial charge on any atom is 0.416 e. The van der Waals surface area contributed by atoms with Gasteiger partial charge in [-0.25, -0.2) is 0 Å². The van der Waals surface area contributed by atoms with E-state index < -0.39 is 17.2 Å². The summed E-state index contributed by atoms with van der Waals surface area (Å²) in [5, 5.41) is 5.86. The molecule has 1 unspecified atom stereocenters. The van der Waals surface area contributed by atoms with Crippen molar-refractivity contribution in [2.75, 3.05) is 13.6 Å². The zero-order chi connectivity index (χ0) is 16.4. The summed E-state index contributed by atoms with van der Waals surface area (Å²) in [6, 6.07) is 5.26. The molecule has 0 bridgehead atoms. The van der Waals surface area contributed by atoms with Gasteiger partial charge in [0.25, 0.3) is 0 Å². The Hall–Kier alpha value is -1.27. The van der Waals surface area contributed by atoms with Crippen LogP contribution in [0.1, 0.15) is 37.3 Å². The lowest BCUT2D eigenvalue weighted by molar-refractivity contribution is -0.138. The highest BCUT2D eigenvalue weighted by atomic mass is 35.5. The topological polar surface area (TPSA) is 41.1 Å². The molecule has 0 aliphatic heterocycles. The van der Waals surface area contributed by atoms with Gasteiger partial charge < -0.3 is 10.6 Å². The molecular weight excluding hydrogens is 329 g/mol. The van der Waals surface area contributed by atoms with Crippen LogP contribution in [0.3, 0.4) is 0 Å². The first kappa shape index (κ1) is 19.8. The van der Waals surface area contributed by atoms with E-state index in [1.54, 1.807) is 13.1 Å². The van der Waals surface area contributed by atoms with Crippen LogP contribution < -0.4 is 10.6 Å². The van der Waals surface area contributed by atoms with E-state index in [1.807, 2.05) is 6.92 Å². The first-order valence-electron chi connectivity index (χ1n) is 7.43. The molecule has 1 fully saturated rings. The number of carbonyl (C=O) groups is 1. The number of rotatable bonds is 5. The van der Waals surface area contributed by atoms with Gasteiger partial charge in [-0.2, -0.15) is 13.2 Å². The molecule has 0 aromatic heterocycles. The van der Waals surface area contributed by atoms with Crippen LogP contribution in [0.4, 0.5) is 13.2 Å². The van der Waals surface area contributed by atoms with Crippen molar-refractivity contribution in [1.82, 2.24) is 10.6 Å². The number of hydrogen-bond donors (Lipinski definition) is 2. The van der Waals surface area contributed by atoms with E-state index in [0.29, 0.717) is 24.9 Å². The Bertz CT molecular complexity index is 544. The maximum atomic E-state index is 12.9. The highest BCUT2D eigenvalue weighted by molar-refractivity contribution is 5.89. The van der Waals surface area contributed by atoms with Crippen molar-refractivity contribution in [2.45, 2.75) is 43.8 Å². The van der Waals surface area contributed by atoms with Gasteiger partial charge in [-0.3, -0.25) is 4.79 Å². The maximum absolute atomic E-state index is 12.9. The number of alkyl halides is 3. The minimum atomic E-state index is -4.39. The molecule has 23 heavy (non-hydrogen) atoms. The van der Waals surface area contributed by atoms with Gasteiger partial charge in [0, 0.05) is 12.6 Å². The lowest BCUT2D eigenvalue weighted by atomic mass is 9.63. The molecule has 0 spiro atoms. The highest BCUT2D eigenvalue weighted by Crippen LogP contribution is 2.45. The normalized spacial score (nSPS) is 17.6. The van der Waals surface area contributed by atoms with Gasteiger partial charge in [0.05, 0.1) is 11.0 Å². The molecule has 2 N–H and O–H groups in total. The monoisotopic (exact) mass is 350 g/mol. The van der Waals surface area contributed by atoms with Crippen LogP contribution >= 0.6 is 12.4 Å². The van der Waals surface area contributed by atoms with Crippen LogP contribution in [-0.2, 0) is 16.4 Å². The summed E-state index contributed by atoms with van der Waals surface area (Å²) in [7, 11) is 1.79.